The molecular weight excluding hydrogens is 463 g/mol. The average molecular weight is 484 g/mol. The Morgan fingerprint density at radius 1 is 1.03 bits per heavy atom. The van der Waals surface area contributed by atoms with E-state index in [1.165, 1.54) is 29.2 Å². The Hall–Kier alpha value is -4.53. The summed E-state index contributed by atoms with van der Waals surface area (Å²) in [6.45, 7) is 0.0606. The van der Waals surface area contributed by atoms with Gasteiger partial charge < -0.3 is 14.8 Å². The molecule has 0 spiro atoms. The Morgan fingerprint density at radius 3 is 2.58 bits per heavy atom. The molecule has 36 heavy (non-hydrogen) atoms. The van der Waals surface area contributed by atoms with E-state index in [1.54, 1.807) is 29.2 Å². The largest absolute Gasteiger partial charge is 0.356 e. The minimum atomic E-state index is -0.761. The van der Waals surface area contributed by atoms with Crippen LogP contribution in [0.4, 0.5) is 10.1 Å². The molecule has 0 aliphatic carbocycles. The highest BCUT2D eigenvalue weighted by Crippen LogP contribution is 2.43. The summed E-state index contributed by atoms with van der Waals surface area (Å²) in [5.74, 6) is -0.822. The van der Waals surface area contributed by atoms with Gasteiger partial charge in [0.25, 0.3) is 5.69 Å². The maximum absolute atomic E-state index is 13.7. The standard InChI is InChI=1S/C27H21FN4O4/c28-18-10-8-16(9-11-18)14-30-15-24(33)31-23(27(30)34)13-21-20-6-1-2-7-22(20)29-25(21)26(31)17-4-3-5-19(12-17)32(35)36/h1-12,23,26,29H,13-15H2/t23-,26?/m0/s1. The van der Waals surface area contributed by atoms with Crippen molar-refractivity contribution in [3.05, 3.63) is 111 Å². The number of nitro benzene ring substituents is 1. The highest BCUT2D eigenvalue weighted by molar-refractivity contribution is 5.97. The molecule has 1 aromatic heterocycles. The first kappa shape index (κ1) is 22.0. The second kappa shape index (κ2) is 8.30. The van der Waals surface area contributed by atoms with Gasteiger partial charge in [-0.15, -0.1) is 0 Å². The van der Waals surface area contributed by atoms with Crippen LogP contribution in [0.25, 0.3) is 10.9 Å². The fourth-order valence-corrected chi connectivity index (χ4v) is 5.42. The van der Waals surface area contributed by atoms with Gasteiger partial charge >= 0.3 is 0 Å². The molecular formula is C27H21FN4O4. The summed E-state index contributed by atoms with van der Waals surface area (Å²) >= 11 is 0. The van der Waals surface area contributed by atoms with Crippen LogP contribution in [0, 0.1) is 15.9 Å². The number of aromatic amines is 1. The number of hydrogen-bond donors (Lipinski definition) is 1. The minimum absolute atomic E-state index is 0.0824. The number of H-pyrrole nitrogens is 1. The lowest BCUT2D eigenvalue weighted by Gasteiger charge is -2.47. The third-order valence-electron chi connectivity index (χ3n) is 7.03. The molecule has 9 heteroatoms. The molecule has 180 valence electrons. The number of fused-ring (bicyclic) bond motifs is 4. The summed E-state index contributed by atoms with van der Waals surface area (Å²) in [5, 5.41) is 12.4. The summed E-state index contributed by atoms with van der Waals surface area (Å²) in [6.07, 6.45) is 0.329. The SMILES string of the molecule is O=C1[C@@H]2Cc3c([nH]c4ccccc34)C(c3cccc([N+](=O)[O-])c3)N2C(=O)CN1Cc1ccc(F)cc1. The number of carbonyl (C=O) groups is 2. The fourth-order valence-electron chi connectivity index (χ4n) is 5.42. The van der Waals surface area contributed by atoms with Crippen LogP contribution in [-0.4, -0.2) is 44.1 Å². The molecule has 0 saturated carbocycles. The monoisotopic (exact) mass is 484 g/mol. The molecule has 2 atom stereocenters. The number of rotatable bonds is 4. The van der Waals surface area contributed by atoms with Crippen molar-refractivity contribution in [2.24, 2.45) is 0 Å². The van der Waals surface area contributed by atoms with Crippen LogP contribution < -0.4 is 0 Å². The van der Waals surface area contributed by atoms with Gasteiger partial charge in [-0.05, 0) is 34.9 Å². The molecule has 1 saturated heterocycles. The molecule has 1 unspecified atom stereocenters. The van der Waals surface area contributed by atoms with E-state index in [1.807, 2.05) is 24.3 Å². The predicted molar refractivity (Wildman–Crippen MR) is 129 cm³/mol. The minimum Gasteiger partial charge on any atom is -0.356 e. The van der Waals surface area contributed by atoms with Gasteiger partial charge in [-0.25, -0.2) is 4.39 Å². The van der Waals surface area contributed by atoms with Crippen molar-refractivity contribution in [3.8, 4) is 0 Å². The number of aromatic nitrogens is 1. The summed E-state index contributed by atoms with van der Waals surface area (Å²) in [7, 11) is 0. The topological polar surface area (TPSA) is 99.5 Å². The molecule has 8 nitrogen and oxygen atoms in total. The number of non-ortho nitro benzene ring substituents is 1. The van der Waals surface area contributed by atoms with E-state index in [4.69, 9.17) is 0 Å². The number of piperazine rings is 1. The third-order valence-corrected chi connectivity index (χ3v) is 7.03. The van der Waals surface area contributed by atoms with Gasteiger partial charge in [0.1, 0.15) is 18.4 Å². The zero-order valence-corrected chi connectivity index (χ0v) is 19.1. The van der Waals surface area contributed by atoms with Gasteiger partial charge in [-0.3, -0.25) is 19.7 Å². The van der Waals surface area contributed by atoms with Crippen molar-refractivity contribution in [2.45, 2.75) is 25.0 Å². The molecule has 2 aliphatic rings. The van der Waals surface area contributed by atoms with Gasteiger partial charge in [-0.2, -0.15) is 0 Å². The molecule has 2 aliphatic heterocycles. The van der Waals surface area contributed by atoms with E-state index in [0.29, 0.717) is 12.0 Å². The zero-order chi connectivity index (χ0) is 25.0. The first-order chi connectivity index (χ1) is 17.4. The van der Waals surface area contributed by atoms with Crippen molar-refractivity contribution in [1.29, 1.82) is 0 Å². The van der Waals surface area contributed by atoms with Crippen LogP contribution in [0.5, 0.6) is 0 Å². The number of hydrogen-bond acceptors (Lipinski definition) is 4. The Balaban J connectivity index is 1.46. The van der Waals surface area contributed by atoms with E-state index in [9.17, 15) is 24.1 Å². The number of benzene rings is 3. The quantitative estimate of drug-likeness (QED) is 0.348. The lowest BCUT2D eigenvalue weighted by molar-refractivity contribution is -0.384. The normalized spacial score (nSPS) is 19.4. The summed E-state index contributed by atoms with van der Waals surface area (Å²) < 4.78 is 13.4. The van der Waals surface area contributed by atoms with E-state index in [2.05, 4.69) is 4.98 Å². The van der Waals surface area contributed by atoms with Gasteiger partial charge in [0.2, 0.25) is 11.8 Å². The fraction of sp³-hybridized carbons (Fsp3) is 0.185. The Morgan fingerprint density at radius 2 is 1.81 bits per heavy atom. The molecule has 4 aromatic rings. The van der Waals surface area contributed by atoms with Gasteiger partial charge in [0.05, 0.1) is 11.0 Å². The third kappa shape index (κ3) is 3.51. The van der Waals surface area contributed by atoms with Gasteiger partial charge in [-0.1, -0.05) is 42.5 Å². The molecule has 1 fully saturated rings. The van der Waals surface area contributed by atoms with E-state index >= 15 is 0 Å². The van der Waals surface area contributed by atoms with Crippen molar-refractivity contribution >= 4 is 28.4 Å². The van der Waals surface area contributed by atoms with Crippen LogP contribution >= 0.6 is 0 Å². The number of nitrogens with one attached hydrogen (secondary N) is 1. The van der Waals surface area contributed by atoms with Crippen LogP contribution in [-0.2, 0) is 22.6 Å². The molecule has 0 radical (unpaired) electrons. The molecule has 1 N–H and O–H groups in total. The lowest BCUT2D eigenvalue weighted by Crippen LogP contribution is -2.62. The van der Waals surface area contributed by atoms with Crippen molar-refractivity contribution in [2.75, 3.05) is 6.54 Å². The first-order valence-corrected chi connectivity index (χ1v) is 11.6. The summed E-state index contributed by atoms with van der Waals surface area (Å²) in [5.41, 5.74) is 3.77. The van der Waals surface area contributed by atoms with Crippen LogP contribution in [0.2, 0.25) is 0 Å². The number of para-hydroxylation sites is 1. The Bertz CT molecular complexity index is 1530. The zero-order valence-electron chi connectivity index (χ0n) is 19.1. The highest BCUT2D eigenvalue weighted by atomic mass is 19.1. The summed E-state index contributed by atoms with van der Waals surface area (Å²) in [4.78, 5) is 44.8. The maximum Gasteiger partial charge on any atom is 0.269 e. The number of carbonyl (C=O) groups excluding carboxylic acids is 2. The van der Waals surface area contributed by atoms with E-state index in [0.717, 1.165) is 27.7 Å². The summed E-state index contributed by atoms with van der Waals surface area (Å²) in [6, 6.07) is 18.4. The van der Waals surface area contributed by atoms with Gasteiger partial charge in [0.15, 0.2) is 0 Å². The molecule has 0 bridgehead atoms. The Labute approximate surface area is 205 Å². The molecule has 3 aromatic carbocycles. The molecule has 2 amide bonds. The van der Waals surface area contributed by atoms with Crippen molar-refractivity contribution in [3.63, 3.8) is 0 Å². The van der Waals surface area contributed by atoms with Gasteiger partial charge in [0, 0.05) is 41.7 Å². The van der Waals surface area contributed by atoms with Crippen LogP contribution in [0.1, 0.15) is 28.4 Å². The van der Waals surface area contributed by atoms with Crippen LogP contribution in [0.3, 0.4) is 0 Å². The van der Waals surface area contributed by atoms with E-state index < -0.39 is 17.0 Å². The number of nitro groups is 1. The molecule has 6 rings (SSSR count). The second-order valence-electron chi connectivity index (χ2n) is 9.16. The lowest BCUT2D eigenvalue weighted by atomic mass is 9.86. The van der Waals surface area contributed by atoms with Crippen molar-refractivity contribution < 1.29 is 18.9 Å². The second-order valence-corrected chi connectivity index (χ2v) is 9.16. The number of halogens is 1. The predicted octanol–water partition coefficient (Wildman–Crippen LogP) is 4.10. The average Bonchev–Trinajstić information content (AvgIpc) is 3.25. The van der Waals surface area contributed by atoms with E-state index in [-0.39, 0.29) is 36.4 Å². The number of amides is 2. The van der Waals surface area contributed by atoms with Crippen molar-refractivity contribution in [1.82, 2.24) is 14.8 Å². The molecule has 3 heterocycles. The maximum atomic E-state index is 13.7. The highest BCUT2D eigenvalue weighted by Gasteiger charge is 2.48. The number of nitrogens with zero attached hydrogens (tertiary/aromatic N) is 3. The Kier molecular flexibility index (Phi) is 5.06. The van der Waals surface area contributed by atoms with Crippen LogP contribution in [0.15, 0.2) is 72.8 Å². The smallest absolute Gasteiger partial charge is 0.269 e. The first-order valence-electron chi connectivity index (χ1n) is 11.6.